The topological polar surface area (TPSA) is 56.9 Å². The zero-order valence-electron chi connectivity index (χ0n) is 11.2. The molecule has 0 spiro atoms. The Morgan fingerprint density at radius 2 is 2.00 bits per heavy atom. The first-order valence-corrected chi connectivity index (χ1v) is 6.66. The van der Waals surface area contributed by atoms with E-state index in [1.807, 2.05) is 10.6 Å². The molecule has 0 atom stereocenters. The minimum atomic E-state index is 0.234. The Bertz CT molecular complexity index is 559. The fraction of sp³-hybridized carbons (Fsp3) is 0.538. The Morgan fingerprint density at radius 1 is 1.21 bits per heavy atom. The second-order valence-electron chi connectivity index (χ2n) is 4.97. The molecule has 2 aromatic rings. The minimum Gasteiger partial charge on any atom is -0.395 e. The lowest BCUT2D eigenvalue weighted by molar-refractivity contribution is 0.188. The Balaban J connectivity index is 1.83. The van der Waals surface area contributed by atoms with Crippen LogP contribution in [0.3, 0.4) is 0 Å². The summed E-state index contributed by atoms with van der Waals surface area (Å²) < 4.78 is 1.90. The van der Waals surface area contributed by atoms with E-state index in [0.717, 1.165) is 44.2 Å². The van der Waals surface area contributed by atoms with Gasteiger partial charge in [-0.2, -0.15) is 9.61 Å². The van der Waals surface area contributed by atoms with Crippen LogP contribution in [0.1, 0.15) is 5.56 Å². The summed E-state index contributed by atoms with van der Waals surface area (Å²) in [6, 6.07) is 4.20. The number of pyridine rings is 1. The molecule has 102 valence electrons. The molecule has 3 heterocycles. The molecular formula is C13H19N5O. The number of nitrogens with zero attached hydrogens (tertiary/aromatic N) is 5. The van der Waals surface area contributed by atoms with Gasteiger partial charge in [0.05, 0.1) is 6.61 Å². The van der Waals surface area contributed by atoms with E-state index in [1.54, 1.807) is 6.33 Å². The molecule has 6 heteroatoms. The summed E-state index contributed by atoms with van der Waals surface area (Å²) in [6.07, 6.45) is 1.60. The normalized spacial score (nSPS) is 17.3. The number of anilines is 1. The van der Waals surface area contributed by atoms with Crippen LogP contribution in [0.5, 0.6) is 0 Å². The molecule has 1 aliphatic heterocycles. The number of piperazine rings is 1. The van der Waals surface area contributed by atoms with Gasteiger partial charge in [0.2, 0.25) is 0 Å². The van der Waals surface area contributed by atoms with Crippen LogP contribution in [-0.2, 0) is 0 Å². The molecule has 1 N–H and O–H groups in total. The lowest BCUT2D eigenvalue weighted by Gasteiger charge is -2.35. The summed E-state index contributed by atoms with van der Waals surface area (Å²) in [6.45, 7) is 6.95. The highest BCUT2D eigenvalue weighted by Crippen LogP contribution is 2.19. The second-order valence-corrected chi connectivity index (χ2v) is 4.97. The maximum Gasteiger partial charge on any atom is 0.157 e. The maximum atomic E-state index is 8.97. The zero-order valence-corrected chi connectivity index (χ0v) is 11.2. The quantitative estimate of drug-likeness (QED) is 0.852. The first-order valence-electron chi connectivity index (χ1n) is 6.66. The van der Waals surface area contributed by atoms with Crippen LogP contribution in [0, 0.1) is 6.92 Å². The van der Waals surface area contributed by atoms with E-state index in [2.05, 4.69) is 32.9 Å². The molecule has 0 saturated carbocycles. The SMILES string of the molecule is Cc1cc(N2CCN(CCO)CC2)n2ncnc2c1. The fourth-order valence-corrected chi connectivity index (χ4v) is 2.60. The van der Waals surface area contributed by atoms with Gasteiger partial charge in [-0.05, 0) is 24.6 Å². The van der Waals surface area contributed by atoms with Gasteiger partial charge in [0, 0.05) is 32.7 Å². The van der Waals surface area contributed by atoms with Crippen molar-refractivity contribution in [1.29, 1.82) is 0 Å². The number of rotatable bonds is 3. The number of fused-ring (bicyclic) bond motifs is 1. The number of hydrogen-bond acceptors (Lipinski definition) is 5. The number of aromatic nitrogens is 3. The summed E-state index contributed by atoms with van der Waals surface area (Å²) >= 11 is 0. The van der Waals surface area contributed by atoms with Crippen LogP contribution in [-0.4, -0.2) is 63.9 Å². The first-order chi connectivity index (χ1) is 9.28. The van der Waals surface area contributed by atoms with Gasteiger partial charge in [-0.15, -0.1) is 0 Å². The third-order valence-electron chi connectivity index (χ3n) is 3.62. The molecule has 1 aliphatic rings. The Morgan fingerprint density at radius 3 is 2.74 bits per heavy atom. The molecule has 1 saturated heterocycles. The van der Waals surface area contributed by atoms with E-state index in [1.165, 1.54) is 5.56 Å². The van der Waals surface area contributed by atoms with Crippen molar-refractivity contribution in [2.45, 2.75) is 6.92 Å². The van der Waals surface area contributed by atoms with Gasteiger partial charge in [-0.3, -0.25) is 4.90 Å². The number of aryl methyl sites for hydroxylation is 1. The molecule has 3 rings (SSSR count). The van der Waals surface area contributed by atoms with Gasteiger partial charge in [0.15, 0.2) is 5.65 Å². The summed E-state index contributed by atoms with van der Waals surface area (Å²) in [5.74, 6) is 1.11. The van der Waals surface area contributed by atoms with Crippen LogP contribution in [0.2, 0.25) is 0 Å². The van der Waals surface area contributed by atoms with E-state index in [0.29, 0.717) is 0 Å². The number of β-amino-alcohol motifs (C(OH)–C–C–N with tert-alkyl or cyclic N) is 1. The van der Waals surface area contributed by atoms with E-state index in [9.17, 15) is 0 Å². The monoisotopic (exact) mass is 261 g/mol. The average molecular weight is 261 g/mol. The molecule has 19 heavy (non-hydrogen) atoms. The van der Waals surface area contributed by atoms with Crippen LogP contribution in [0.25, 0.3) is 5.65 Å². The van der Waals surface area contributed by atoms with Crippen molar-refractivity contribution in [2.75, 3.05) is 44.2 Å². The van der Waals surface area contributed by atoms with Crippen LogP contribution < -0.4 is 4.90 Å². The maximum absolute atomic E-state index is 8.97. The van der Waals surface area contributed by atoms with E-state index >= 15 is 0 Å². The highest BCUT2D eigenvalue weighted by molar-refractivity contribution is 5.53. The van der Waals surface area contributed by atoms with Crippen LogP contribution in [0.4, 0.5) is 5.82 Å². The predicted octanol–water partition coefficient (Wildman–Crippen LogP) is 0.152. The summed E-state index contributed by atoms with van der Waals surface area (Å²) in [5.41, 5.74) is 2.10. The van der Waals surface area contributed by atoms with Crippen molar-refractivity contribution in [3.8, 4) is 0 Å². The molecule has 2 aromatic heterocycles. The van der Waals surface area contributed by atoms with E-state index in [-0.39, 0.29) is 6.61 Å². The third-order valence-corrected chi connectivity index (χ3v) is 3.62. The molecule has 1 fully saturated rings. The van der Waals surface area contributed by atoms with Gasteiger partial charge in [-0.25, -0.2) is 4.98 Å². The standard InChI is InChI=1S/C13H19N5O/c1-11-8-12-14-10-15-18(12)13(9-11)17-4-2-16(3-5-17)6-7-19/h8-10,19H,2-7H2,1H3. The smallest absolute Gasteiger partial charge is 0.157 e. The highest BCUT2D eigenvalue weighted by atomic mass is 16.3. The van der Waals surface area contributed by atoms with Gasteiger partial charge >= 0.3 is 0 Å². The van der Waals surface area contributed by atoms with Crippen molar-refractivity contribution in [2.24, 2.45) is 0 Å². The van der Waals surface area contributed by atoms with Gasteiger partial charge < -0.3 is 10.0 Å². The average Bonchev–Trinajstić information content (AvgIpc) is 2.87. The molecule has 0 aromatic carbocycles. The lowest BCUT2D eigenvalue weighted by atomic mass is 10.2. The third kappa shape index (κ3) is 2.41. The Labute approximate surface area is 112 Å². The van der Waals surface area contributed by atoms with Crippen molar-refractivity contribution in [3.05, 3.63) is 24.0 Å². The molecular weight excluding hydrogens is 242 g/mol. The molecule has 0 amide bonds. The number of aliphatic hydroxyl groups is 1. The number of aliphatic hydroxyl groups excluding tert-OH is 1. The van der Waals surface area contributed by atoms with Gasteiger partial charge in [0.25, 0.3) is 0 Å². The summed E-state index contributed by atoms with van der Waals surface area (Å²) in [5, 5.41) is 13.3. The lowest BCUT2D eigenvalue weighted by Crippen LogP contribution is -2.47. The predicted molar refractivity (Wildman–Crippen MR) is 73.5 cm³/mol. The minimum absolute atomic E-state index is 0.234. The van der Waals surface area contributed by atoms with E-state index in [4.69, 9.17) is 5.11 Å². The van der Waals surface area contributed by atoms with Crippen LogP contribution >= 0.6 is 0 Å². The molecule has 0 unspecified atom stereocenters. The Hall–Kier alpha value is -1.66. The van der Waals surface area contributed by atoms with Gasteiger partial charge in [0.1, 0.15) is 12.1 Å². The van der Waals surface area contributed by atoms with E-state index < -0.39 is 0 Å². The molecule has 0 radical (unpaired) electrons. The molecule has 0 bridgehead atoms. The highest BCUT2D eigenvalue weighted by Gasteiger charge is 2.19. The zero-order chi connectivity index (χ0) is 13.2. The fourth-order valence-electron chi connectivity index (χ4n) is 2.60. The largest absolute Gasteiger partial charge is 0.395 e. The van der Waals surface area contributed by atoms with Crippen molar-refractivity contribution < 1.29 is 5.11 Å². The van der Waals surface area contributed by atoms with Crippen molar-refractivity contribution >= 4 is 11.5 Å². The second kappa shape index (κ2) is 5.14. The van der Waals surface area contributed by atoms with Gasteiger partial charge in [-0.1, -0.05) is 0 Å². The Kier molecular flexibility index (Phi) is 3.35. The molecule has 0 aliphatic carbocycles. The number of hydrogen-bond donors (Lipinski definition) is 1. The summed E-state index contributed by atoms with van der Waals surface area (Å²) in [7, 11) is 0. The first kappa shape index (κ1) is 12.4. The van der Waals surface area contributed by atoms with Crippen molar-refractivity contribution in [1.82, 2.24) is 19.5 Å². The van der Waals surface area contributed by atoms with Crippen molar-refractivity contribution in [3.63, 3.8) is 0 Å². The van der Waals surface area contributed by atoms with Crippen LogP contribution in [0.15, 0.2) is 18.5 Å². The molecule has 6 nitrogen and oxygen atoms in total. The summed E-state index contributed by atoms with van der Waals surface area (Å²) in [4.78, 5) is 8.88.